The number of methoxy groups -OCH3 is 2. The summed E-state index contributed by atoms with van der Waals surface area (Å²) in [7, 11) is 2.63. The molecular formula is C21H20O5. The standard InChI is InChI=1S/C21H20O5/c1-24-19(22)21(20(23)25-2)17(13-8-4-3-5-9-13)15-12-26-16-11-7-6-10-14(16)18(15)21/h3-11,15,17-18H,12H2,1-2H3/t15-,17-,18-/m1/s1. The molecule has 5 nitrogen and oxygen atoms in total. The van der Waals surface area contributed by atoms with Crippen molar-refractivity contribution >= 4 is 11.9 Å². The molecule has 0 bridgehead atoms. The predicted octanol–water partition coefficient (Wildman–Crippen LogP) is 2.91. The van der Waals surface area contributed by atoms with Gasteiger partial charge in [0, 0.05) is 17.8 Å². The largest absolute Gasteiger partial charge is 0.493 e. The van der Waals surface area contributed by atoms with Crippen molar-refractivity contribution in [1.82, 2.24) is 0 Å². The van der Waals surface area contributed by atoms with Gasteiger partial charge in [0.15, 0.2) is 5.41 Å². The van der Waals surface area contributed by atoms with Crippen LogP contribution in [0.25, 0.3) is 0 Å². The van der Waals surface area contributed by atoms with Gasteiger partial charge in [-0.15, -0.1) is 0 Å². The van der Waals surface area contributed by atoms with E-state index in [4.69, 9.17) is 14.2 Å². The Morgan fingerprint density at radius 2 is 1.54 bits per heavy atom. The second-order valence-corrected chi connectivity index (χ2v) is 6.73. The van der Waals surface area contributed by atoms with Gasteiger partial charge in [-0.05, 0) is 17.2 Å². The molecule has 1 aliphatic carbocycles. The van der Waals surface area contributed by atoms with Gasteiger partial charge in [-0.2, -0.15) is 0 Å². The third-order valence-electron chi connectivity index (χ3n) is 5.73. The molecule has 4 rings (SSSR count). The minimum Gasteiger partial charge on any atom is -0.493 e. The second-order valence-electron chi connectivity index (χ2n) is 6.73. The summed E-state index contributed by atoms with van der Waals surface area (Å²) in [5.74, 6) is -1.12. The van der Waals surface area contributed by atoms with E-state index in [0.29, 0.717) is 12.4 Å². The van der Waals surface area contributed by atoms with Crippen LogP contribution in [0.2, 0.25) is 0 Å². The monoisotopic (exact) mass is 352 g/mol. The first-order valence-electron chi connectivity index (χ1n) is 8.59. The molecule has 0 aromatic heterocycles. The molecule has 26 heavy (non-hydrogen) atoms. The van der Waals surface area contributed by atoms with Crippen molar-refractivity contribution in [2.45, 2.75) is 11.8 Å². The topological polar surface area (TPSA) is 61.8 Å². The lowest BCUT2D eigenvalue weighted by Gasteiger charge is -2.59. The Morgan fingerprint density at radius 3 is 2.19 bits per heavy atom. The van der Waals surface area contributed by atoms with Crippen LogP contribution in [0, 0.1) is 11.3 Å². The zero-order chi connectivity index (χ0) is 18.3. The van der Waals surface area contributed by atoms with Crippen molar-refractivity contribution in [3.63, 3.8) is 0 Å². The summed E-state index contributed by atoms with van der Waals surface area (Å²) in [5.41, 5.74) is 0.356. The summed E-state index contributed by atoms with van der Waals surface area (Å²) in [6.07, 6.45) is 0. The highest BCUT2D eigenvalue weighted by Gasteiger charge is 2.74. The first-order chi connectivity index (χ1) is 12.7. The van der Waals surface area contributed by atoms with Crippen LogP contribution in [0.4, 0.5) is 0 Å². The van der Waals surface area contributed by atoms with E-state index < -0.39 is 17.4 Å². The van der Waals surface area contributed by atoms with Crippen LogP contribution in [0.3, 0.4) is 0 Å². The van der Waals surface area contributed by atoms with E-state index >= 15 is 0 Å². The average Bonchev–Trinajstić information content (AvgIpc) is 2.68. The molecule has 1 fully saturated rings. The van der Waals surface area contributed by atoms with Crippen LogP contribution in [0.15, 0.2) is 54.6 Å². The van der Waals surface area contributed by atoms with Crippen molar-refractivity contribution < 1.29 is 23.8 Å². The lowest BCUT2D eigenvalue weighted by Crippen LogP contribution is -2.65. The molecule has 2 aromatic carbocycles. The second kappa shape index (κ2) is 6.16. The number of carbonyl (C=O) groups excluding carboxylic acids is 2. The van der Waals surface area contributed by atoms with Crippen molar-refractivity contribution in [2.24, 2.45) is 11.3 Å². The lowest BCUT2D eigenvalue weighted by molar-refractivity contribution is -0.191. The number of hydrogen-bond acceptors (Lipinski definition) is 5. The number of carbonyl (C=O) groups is 2. The summed E-state index contributed by atoms with van der Waals surface area (Å²) in [6, 6.07) is 17.1. The van der Waals surface area contributed by atoms with E-state index in [1.807, 2.05) is 54.6 Å². The van der Waals surface area contributed by atoms with Crippen molar-refractivity contribution in [2.75, 3.05) is 20.8 Å². The fourth-order valence-electron chi connectivity index (χ4n) is 4.77. The van der Waals surface area contributed by atoms with Gasteiger partial charge in [0.2, 0.25) is 0 Å². The molecule has 2 aliphatic rings. The van der Waals surface area contributed by atoms with Gasteiger partial charge in [0.25, 0.3) is 0 Å². The van der Waals surface area contributed by atoms with Crippen molar-refractivity contribution in [3.05, 3.63) is 65.7 Å². The molecule has 3 atom stereocenters. The molecule has 0 N–H and O–H groups in total. The van der Waals surface area contributed by atoms with Gasteiger partial charge >= 0.3 is 11.9 Å². The van der Waals surface area contributed by atoms with Crippen molar-refractivity contribution in [1.29, 1.82) is 0 Å². The maximum absolute atomic E-state index is 13.0. The lowest BCUT2D eigenvalue weighted by atomic mass is 9.43. The quantitative estimate of drug-likeness (QED) is 0.628. The van der Waals surface area contributed by atoms with Gasteiger partial charge in [-0.3, -0.25) is 9.59 Å². The zero-order valence-corrected chi connectivity index (χ0v) is 14.7. The minimum absolute atomic E-state index is 0.00880. The SMILES string of the molecule is COC(=O)C1(C(=O)OC)[C@H](c2ccccc2)[C@H]2COc3ccccc3[C@H]21. The van der Waals surface area contributed by atoms with E-state index in [0.717, 1.165) is 11.1 Å². The number of ether oxygens (including phenoxy) is 3. The van der Waals surface area contributed by atoms with Crippen LogP contribution in [0.1, 0.15) is 23.0 Å². The van der Waals surface area contributed by atoms with Crippen LogP contribution in [-0.2, 0) is 19.1 Å². The highest BCUT2D eigenvalue weighted by molar-refractivity contribution is 6.04. The Bertz CT molecular complexity index is 828. The Kier molecular flexibility index (Phi) is 3.94. The first-order valence-corrected chi connectivity index (χ1v) is 8.59. The van der Waals surface area contributed by atoms with Crippen LogP contribution >= 0.6 is 0 Å². The number of fused-ring (bicyclic) bond motifs is 3. The molecule has 134 valence electrons. The Hall–Kier alpha value is -2.82. The fraction of sp³-hybridized carbons (Fsp3) is 0.333. The number of para-hydroxylation sites is 1. The highest BCUT2D eigenvalue weighted by Crippen LogP contribution is 2.69. The van der Waals surface area contributed by atoms with Gasteiger partial charge in [-0.25, -0.2) is 0 Å². The maximum Gasteiger partial charge on any atom is 0.324 e. The molecule has 2 aromatic rings. The zero-order valence-electron chi connectivity index (χ0n) is 14.7. The Balaban J connectivity index is 1.93. The van der Waals surface area contributed by atoms with E-state index in [1.54, 1.807) is 0 Å². The third kappa shape index (κ3) is 2.03. The molecule has 0 unspecified atom stereocenters. The summed E-state index contributed by atoms with van der Waals surface area (Å²) in [4.78, 5) is 26.0. The van der Waals surface area contributed by atoms with Gasteiger partial charge in [0.1, 0.15) is 5.75 Å². The molecular weight excluding hydrogens is 332 g/mol. The average molecular weight is 352 g/mol. The summed E-state index contributed by atoms with van der Waals surface area (Å²) in [5, 5.41) is 0. The number of benzene rings is 2. The predicted molar refractivity (Wildman–Crippen MR) is 93.8 cm³/mol. The molecule has 5 heteroatoms. The normalized spacial score (nSPS) is 24.9. The summed E-state index contributed by atoms with van der Waals surface area (Å²) in [6.45, 7) is 0.441. The van der Waals surface area contributed by atoms with Gasteiger partial charge in [0.05, 0.1) is 20.8 Å². The third-order valence-corrected chi connectivity index (χ3v) is 5.73. The first kappa shape index (κ1) is 16.6. The maximum atomic E-state index is 13.0. The van der Waals surface area contributed by atoms with Crippen molar-refractivity contribution in [3.8, 4) is 5.75 Å². The molecule has 1 saturated carbocycles. The molecule has 0 spiro atoms. The Morgan fingerprint density at radius 1 is 0.923 bits per heavy atom. The fourth-order valence-corrected chi connectivity index (χ4v) is 4.77. The van der Waals surface area contributed by atoms with Gasteiger partial charge in [-0.1, -0.05) is 48.5 Å². The molecule has 0 amide bonds. The smallest absolute Gasteiger partial charge is 0.324 e. The van der Waals surface area contributed by atoms with Crippen LogP contribution < -0.4 is 4.74 Å². The van der Waals surface area contributed by atoms with E-state index in [9.17, 15) is 9.59 Å². The number of rotatable bonds is 3. The Labute approximate surface area is 151 Å². The number of hydrogen-bond donors (Lipinski definition) is 0. The molecule has 0 radical (unpaired) electrons. The summed E-state index contributed by atoms with van der Waals surface area (Å²) < 4.78 is 16.2. The molecule has 1 aliphatic heterocycles. The number of esters is 2. The van der Waals surface area contributed by atoms with Crippen LogP contribution in [0.5, 0.6) is 5.75 Å². The minimum atomic E-state index is -1.41. The summed E-state index contributed by atoms with van der Waals surface area (Å²) >= 11 is 0. The van der Waals surface area contributed by atoms with Crippen LogP contribution in [-0.4, -0.2) is 32.8 Å². The van der Waals surface area contributed by atoms with E-state index in [-0.39, 0.29) is 17.8 Å². The molecule has 0 saturated heterocycles. The van der Waals surface area contributed by atoms with Gasteiger partial charge < -0.3 is 14.2 Å². The molecule has 1 heterocycles. The van der Waals surface area contributed by atoms with E-state index in [2.05, 4.69) is 0 Å². The van der Waals surface area contributed by atoms with E-state index in [1.165, 1.54) is 14.2 Å². The highest BCUT2D eigenvalue weighted by atomic mass is 16.5.